The lowest BCUT2D eigenvalue weighted by Gasteiger charge is -2.46. The number of hydrogen-bond donors (Lipinski definition) is 1. The number of ether oxygens (including phenoxy) is 2. The second-order valence-electron chi connectivity index (χ2n) is 10.1. The van der Waals surface area contributed by atoms with E-state index in [9.17, 15) is 31.1 Å². The highest BCUT2D eigenvalue weighted by atomic mass is 19.4. The van der Waals surface area contributed by atoms with Crippen LogP contribution >= 0.6 is 0 Å². The van der Waals surface area contributed by atoms with Gasteiger partial charge >= 0.3 is 12.4 Å². The minimum atomic E-state index is -5.04. The summed E-state index contributed by atoms with van der Waals surface area (Å²) in [5.41, 5.74) is -5.25. The second kappa shape index (κ2) is 10.0. The summed E-state index contributed by atoms with van der Waals surface area (Å²) in [4.78, 5) is 14.0. The Balaban J connectivity index is 1.75. The Kier molecular flexibility index (Phi) is 7.44. The Morgan fingerprint density at radius 2 is 1.39 bits per heavy atom. The number of benzene rings is 2. The van der Waals surface area contributed by atoms with Gasteiger partial charge in [0, 0.05) is 12.8 Å². The minimum absolute atomic E-state index is 0.0589. The first kappa shape index (κ1) is 28.2. The van der Waals surface area contributed by atoms with Crippen LogP contribution in [0.4, 0.5) is 26.3 Å². The van der Waals surface area contributed by atoms with Gasteiger partial charge in [-0.05, 0) is 55.5 Å². The van der Waals surface area contributed by atoms with E-state index in [1.807, 2.05) is 30.3 Å². The summed E-state index contributed by atoms with van der Waals surface area (Å²) in [5, 5.41) is 3.04. The third-order valence-electron chi connectivity index (χ3n) is 7.64. The topological polar surface area (TPSA) is 47.6 Å². The van der Waals surface area contributed by atoms with Crippen LogP contribution in [-0.2, 0) is 37.6 Å². The molecular weight excluding hydrogens is 512 g/mol. The van der Waals surface area contributed by atoms with Crippen molar-refractivity contribution < 1.29 is 40.6 Å². The van der Waals surface area contributed by atoms with Gasteiger partial charge in [0.1, 0.15) is 0 Å². The van der Waals surface area contributed by atoms with Gasteiger partial charge in [0.2, 0.25) is 5.91 Å². The molecule has 0 radical (unpaired) electrons. The third-order valence-corrected chi connectivity index (χ3v) is 7.64. The summed E-state index contributed by atoms with van der Waals surface area (Å²) in [7, 11) is 0. The van der Waals surface area contributed by atoms with Crippen LogP contribution in [0.2, 0.25) is 0 Å². The van der Waals surface area contributed by atoms with Crippen molar-refractivity contribution in [2.75, 3.05) is 13.2 Å². The molecule has 0 bridgehead atoms. The standard InChI is InChI=1S/C28H29F6NO3/c1-3-9-24(2,20-16-21(27(29,30)31)18-22(17-20)28(32,33)34)23(36)35-25(19-7-5-4-6-8-19)10-12-26(13-11-25)37-14-15-38-26/h3-8,16-18H,1,9-15H2,2H3,(H,35,36). The van der Waals surface area contributed by atoms with E-state index < -0.39 is 51.7 Å². The molecular formula is C28H29F6NO3. The van der Waals surface area contributed by atoms with Crippen molar-refractivity contribution in [3.63, 3.8) is 0 Å². The number of alkyl halides is 6. The predicted octanol–water partition coefficient (Wildman–Crippen LogP) is 6.89. The van der Waals surface area contributed by atoms with Gasteiger partial charge in [-0.15, -0.1) is 6.58 Å². The lowest BCUT2D eigenvalue weighted by atomic mass is 9.72. The number of carbonyl (C=O) groups is 1. The monoisotopic (exact) mass is 541 g/mol. The van der Waals surface area contributed by atoms with Crippen molar-refractivity contribution in [1.82, 2.24) is 5.32 Å². The Morgan fingerprint density at radius 3 is 1.87 bits per heavy atom. The zero-order valence-electron chi connectivity index (χ0n) is 20.8. The van der Waals surface area contributed by atoms with E-state index in [-0.39, 0.29) is 12.5 Å². The maximum atomic E-state index is 14.0. The molecule has 1 atom stereocenters. The van der Waals surface area contributed by atoms with E-state index in [1.54, 1.807) is 0 Å². The lowest BCUT2D eigenvalue weighted by Crippen LogP contribution is -2.56. The molecule has 1 aliphatic carbocycles. The fourth-order valence-electron chi connectivity index (χ4n) is 5.35. The molecule has 1 N–H and O–H groups in total. The van der Waals surface area contributed by atoms with Crippen molar-refractivity contribution in [2.24, 2.45) is 0 Å². The molecule has 1 spiro atoms. The number of halogens is 6. The van der Waals surface area contributed by atoms with E-state index in [0.29, 0.717) is 51.0 Å². The largest absolute Gasteiger partial charge is 0.416 e. The average molecular weight is 542 g/mol. The summed E-state index contributed by atoms with van der Waals surface area (Å²) in [6.07, 6.45) is -7.20. The van der Waals surface area contributed by atoms with Crippen LogP contribution in [-0.4, -0.2) is 24.9 Å². The summed E-state index contributed by atoms with van der Waals surface area (Å²) in [6, 6.07) is 10.4. The van der Waals surface area contributed by atoms with Crippen LogP contribution in [0, 0.1) is 0 Å². The number of rotatable bonds is 6. The Labute approximate surface area is 217 Å². The Bertz CT molecular complexity index is 1130. The number of nitrogens with one attached hydrogen (secondary N) is 1. The number of hydrogen-bond acceptors (Lipinski definition) is 3. The average Bonchev–Trinajstić information content (AvgIpc) is 3.33. The van der Waals surface area contributed by atoms with Crippen molar-refractivity contribution in [2.45, 2.75) is 68.1 Å². The van der Waals surface area contributed by atoms with Crippen LogP contribution in [0.5, 0.6) is 0 Å². The van der Waals surface area contributed by atoms with Gasteiger partial charge in [0.15, 0.2) is 5.79 Å². The predicted molar refractivity (Wildman–Crippen MR) is 128 cm³/mol. The fourth-order valence-corrected chi connectivity index (χ4v) is 5.35. The second-order valence-corrected chi connectivity index (χ2v) is 10.1. The van der Waals surface area contributed by atoms with E-state index in [1.165, 1.54) is 13.0 Å². The molecule has 2 aromatic rings. The smallest absolute Gasteiger partial charge is 0.348 e. The lowest BCUT2D eigenvalue weighted by molar-refractivity contribution is -0.188. The fraction of sp³-hybridized carbons (Fsp3) is 0.464. The number of allylic oxidation sites excluding steroid dienone is 1. The van der Waals surface area contributed by atoms with Gasteiger partial charge in [-0.25, -0.2) is 0 Å². The van der Waals surface area contributed by atoms with Crippen molar-refractivity contribution in [1.29, 1.82) is 0 Å². The molecule has 10 heteroatoms. The van der Waals surface area contributed by atoms with E-state index in [4.69, 9.17) is 9.47 Å². The Morgan fingerprint density at radius 1 is 0.895 bits per heavy atom. The maximum Gasteiger partial charge on any atom is 0.416 e. The SMILES string of the molecule is C=CCC(C)(C(=O)NC1(c2ccccc2)CCC2(CC1)OCCO2)c1cc(C(F)(F)F)cc(C(F)(F)F)c1. The highest BCUT2D eigenvalue weighted by Crippen LogP contribution is 2.46. The zero-order chi connectivity index (χ0) is 27.8. The molecule has 4 nitrogen and oxygen atoms in total. The molecule has 1 unspecified atom stereocenters. The highest BCUT2D eigenvalue weighted by Gasteiger charge is 2.50. The third kappa shape index (κ3) is 5.47. The summed E-state index contributed by atoms with van der Waals surface area (Å²) < 4.78 is 93.2. The number of carbonyl (C=O) groups excluding carboxylic acids is 1. The van der Waals surface area contributed by atoms with Crippen LogP contribution in [0.15, 0.2) is 61.2 Å². The quantitative estimate of drug-likeness (QED) is 0.320. The molecule has 2 fully saturated rings. The van der Waals surface area contributed by atoms with Gasteiger partial charge in [-0.2, -0.15) is 26.3 Å². The zero-order valence-corrected chi connectivity index (χ0v) is 20.8. The van der Waals surface area contributed by atoms with Gasteiger partial charge in [0.25, 0.3) is 0 Å². The maximum absolute atomic E-state index is 14.0. The molecule has 0 aromatic heterocycles. The normalized spacial score (nSPS) is 20.6. The summed E-state index contributed by atoms with van der Waals surface area (Å²) in [6.45, 7) is 5.86. The van der Waals surface area contributed by atoms with Crippen molar-refractivity contribution in [3.8, 4) is 0 Å². The van der Waals surface area contributed by atoms with E-state index in [0.717, 1.165) is 5.56 Å². The van der Waals surface area contributed by atoms with Gasteiger partial charge in [0.05, 0.1) is 35.3 Å². The Hall–Kier alpha value is -2.85. The molecule has 1 heterocycles. The van der Waals surface area contributed by atoms with Gasteiger partial charge in [-0.3, -0.25) is 4.79 Å². The highest BCUT2D eigenvalue weighted by molar-refractivity contribution is 5.89. The first-order valence-corrected chi connectivity index (χ1v) is 12.3. The van der Waals surface area contributed by atoms with Crippen molar-refractivity contribution >= 4 is 5.91 Å². The summed E-state index contributed by atoms with van der Waals surface area (Å²) in [5.74, 6) is -1.45. The molecule has 38 heavy (non-hydrogen) atoms. The van der Waals surface area contributed by atoms with Crippen molar-refractivity contribution in [3.05, 3.63) is 83.4 Å². The molecule has 206 valence electrons. The van der Waals surface area contributed by atoms with Gasteiger partial charge < -0.3 is 14.8 Å². The molecule has 2 aromatic carbocycles. The molecule has 1 aliphatic heterocycles. The molecule has 4 rings (SSSR count). The van der Waals surface area contributed by atoms with Crippen LogP contribution in [0.3, 0.4) is 0 Å². The van der Waals surface area contributed by atoms with Gasteiger partial charge in [-0.1, -0.05) is 36.4 Å². The number of amides is 1. The van der Waals surface area contributed by atoms with Crippen LogP contribution < -0.4 is 5.32 Å². The van der Waals surface area contributed by atoms with E-state index in [2.05, 4.69) is 11.9 Å². The van der Waals surface area contributed by atoms with Crippen LogP contribution in [0.1, 0.15) is 61.3 Å². The first-order chi connectivity index (χ1) is 17.7. The minimum Gasteiger partial charge on any atom is -0.348 e. The first-order valence-electron chi connectivity index (χ1n) is 12.3. The molecule has 1 saturated carbocycles. The molecule has 2 aliphatic rings. The van der Waals surface area contributed by atoms with E-state index >= 15 is 0 Å². The molecule has 1 saturated heterocycles. The summed E-state index contributed by atoms with van der Waals surface area (Å²) >= 11 is 0. The molecule has 1 amide bonds. The van der Waals surface area contributed by atoms with Crippen LogP contribution in [0.25, 0.3) is 0 Å².